The lowest BCUT2D eigenvalue weighted by Gasteiger charge is -2.15. The number of nitro groups is 1. The molecule has 1 fully saturated rings. The van der Waals surface area contributed by atoms with Gasteiger partial charge in [0.25, 0.3) is 17.5 Å². The van der Waals surface area contributed by atoms with Gasteiger partial charge in [0.2, 0.25) is 0 Å². The quantitative estimate of drug-likeness (QED) is 0.312. The molecule has 0 spiro atoms. The summed E-state index contributed by atoms with van der Waals surface area (Å²) in [6, 6.07) is 10.5. The molecule has 0 saturated carbocycles. The molecule has 0 atom stereocenters. The second-order valence-corrected chi connectivity index (χ2v) is 7.52. The average Bonchev–Trinajstić information content (AvgIpc) is 3.01. The molecule has 1 aliphatic heterocycles. The average molecular weight is 445 g/mol. The third-order valence-corrected chi connectivity index (χ3v) is 5.38. The number of rotatable bonds is 6. The van der Waals surface area contributed by atoms with E-state index in [1.807, 2.05) is 0 Å². The van der Waals surface area contributed by atoms with Crippen LogP contribution in [0.2, 0.25) is 0 Å². The van der Waals surface area contributed by atoms with Crippen LogP contribution in [0.5, 0.6) is 11.5 Å². The first-order valence-corrected chi connectivity index (χ1v) is 9.62. The van der Waals surface area contributed by atoms with E-state index in [0.717, 1.165) is 16.8 Å². The van der Waals surface area contributed by atoms with Crippen LogP contribution in [0.1, 0.15) is 15.9 Å². The number of thiocarbonyl (C=S) groups is 1. The zero-order valence-electron chi connectivity index (χ0n) is 15.8. The van der Waals surface area contributed by atoms with Crippen molar-refractivity contribution in [2.24, 2.45) is 0 Å². The van der Waals surface area contributed by atoms with Gasteiger partial charge in [-0.1, -0.05) is 23.9 Å². The Labute approximate surface area is 180 Å². The molecule has 1 heterocycles. The number of thioether (sulfide) groups is 1. The number of ether oxygens (including phenoxy) is 2. The summed E-state index contributed by atoms with van der Waals surface area (Å²) in [5.41, 5.74) is 2.39. The molecule has 2 aromatic carbocycles. The summed E-state index contributed by atoms with van der Waals surface area (Å²) in [7, 11) is 3.02. The van der Waals surface area contributed by atoms with Gasteiger partial charge in [-0.05, 0) is 36.5 Å². The highest BCUT2D eigenvalue weighted by Gasteiger charge is 2.35. The number of carbonyl (C=O) groups is 2. The molecule has 1 aliphatic rings. The monoisotopic (exact) mass is 445 g/mol. The number of nitrogens with zero attached hydrogens (tertiary/aromatic N) is 2. The van der Waals surface area contributed by atoms with Gasteiger partial charge in [0.05, 0.1) is 24.0 Å². The molecule has 0 unspecified atom stereocenters. The van der Waals surface area contributed by atoms with E-state index in [0.29, 0.717) is 17.1 Å². The largest absolute Gasteiger partial charge is 0.497 e. The second kappa shape index (κ2) is 8.93. The van der Waals surface area contributed by atoms with Gasteiger partial charge in [-0.3, -0.25) is 25.1 Å². The lowest BCUT2D eigenvalue weighted by Crippen LogP contribution is -2.45. The summed E-state index contributed by atoms with van der Waals surface area (Å²) < 4.78 is 10.6. The van der Waals surface area contributed by atoms with E-state index < -0.39 is 16.7 Å². The summed E-state index contributed by atoms with van der Waals surface area (Å²) in [5, 5.41) is 12.0. The van der Waals surface area contributed by atoms with Crippen molar-refractivity contribution >= 4 is 51.9 Å². The predicted octanol–water partition coefficient (Wildman–Crippen LogP) is 3.16. The molecule has 2 amide bonds. The summed E-state index contributed by atoms with van der Waals surface area (Å²) in [6.45, 7) is 0. The molecule has 9 nitrogen and oxygen atoms in total. The molecule has 2 aromatic rings. The predicted molar refractivity (Wildman–Crippen MR) is 115 cm³/mol. The highest BCUT2D eigenvalue weighted by molar-refractivity contribution is 8.26. The minimum Gasteiger partial charge on any atom is -0.497 e. The van der Waals surface area contributed by atoms with Crippen molar-refractivity contribution in [3.8, 4) is 11.5 Å². The Kier molecular flexibility index (Phi) is 6.33. The van der Waals surface area contributed by atoms with Crippen molar-refractivity contribution in [1.29, 1.82) is 0 Å². The lowest BCUT2D eigenvalue weighted by molar-refractivity contribution is -0.385. The van der Waals surface area contributed by atoms with Crippen LogP contribution in [-0.2, 0) is 4.79 Å². The molecule has 3 rings (SSSR count). The van der Waals surface area contributed by atoms with E-state index >= 15 is 0 Å². The third kappa shape index (κ3) is 4.26. The summed E-state index contributed by atoms with van der Waals surface area (Å²) >= 11 is 6.18. The Morgan fingerprint density at radius 3 is 2.63 bits per heavy atom. The normalized spacial score (nSPS) is 14.7. The van der Waals surface area contributed by atoms with Crippen LogP contribution >= 0.6 is 24.0 Å². The molecule has 0 aliphatic carbocycles. The van der Waals surface area contributed by atoms with Crippen molar-refractivity contribution < 1.29 is 24.0 Å². The SMILES string of the molecule is COc1ccc(/C=C2/SC(=S)N(NC(=O)c3ccccc3[N+](=O)[O-])C2=O)c(OC)c1. The van der Waals surface area contributed by atoms with E-state index in [2.05, 4.69) is 5.43 Å². The van der Waals surface area contributed by atoms with E-state index in [1.165, 1.54) is 38.5 Å². The number of para-hydroxylation sites is 1. The molecule has 1 saturated heterocycles. The fraction of sp³-hybridized carbons (Fsp3) is 0.105. The molecule has 11 heteroatoms. The number of amides is 2. The summed E-state index contributed by atoms with van der Waals surface area (Å²) in [6.07, 6.45) is 1.58. The molecule has 0 aromatic heterocycles. The zero-order chi connectivity index (χ0) is 21.8. The van der Waals surface area contributed by atoms with Crippen molar-refractivity contribution in [2.45, 2.75) is 0 Å². The van der Waals surface area contributed by atoms with Gasteiger partial charge in [-0.15, -0.1) is 0 Å². The van der Waals surface area contributed by atoms with Crippen LogP contribution in [0.3, 0.4) is 0 Å². The number of nitrogens with one attached hydrogen (secondary N) is 1. The Morgan fingerprint density at radius 2 is 1.97 bits per heavy atom. The Balaban J connectivity index is 1.85. The molecule has 30 heavy (non-hydrogen) atoms. The Hall–Kier alpha value is -3.44. The van der Waals surface area contributed by atoms with Crippen molar-refractivity contribution in [3.63, 3.8) is 0 Å². The minimum absolute atomic E-state index is 0.0886. The molecule has 154 valence electrons. The van der Waals surface area contributed by atoms with Gasteiger partial charge in [0.1, 0.15) is 17.1 Å². The number of methoxy groups -OCH3 is 2. The fourth-order valence-electron chi connectivity index (χ4n) is 2.63. The standard InChI is InChI=1S/C19H15N3O6S2/c1-27-12-8-7-11(15(10-12)28-2)9-16-18(24)21(19(29)30-16)20-17(23)13-5-3-4-6-14(13)22(25)26/h3-10H,1-2H3,(H,20,23)/b16-9+. The third-order valence-electron chi connectivity index (χ3n) is 4.08. The number of hydrogen-bond acceptors (Lipinski definition) is 8. The topological polar surface area (TPSA) is 111 Å². The molecule has 0 radical (unpaired) electrons. The van der Waals surface area contributed by atoms with E-state index in [9.17, 15) is 19.7 Å². The van der Waals surface area contributed by atoms with Gasteiger partial charge in [0, 0.05) is 17.7 Å². The first kappa shape index (κ1) is 21.3. The smallest absolute Gasteiger partial charge is 0.285 e. The van der Waals surface area contributed by atoms with Gasteiger partial charge in [0.15, 0.2) is 4.32 Å². The van der Waals surface area contributed by atoms with Gasteiger partial charge in [-0.2, -0.15) is 5.01 Å². The number of benzene rings is 2. The maximum absolute atomic E-state index is 12.8. The van der Waals surface area contributed by atoms with Gasteiger partial charge >= 0.3 is 0 Å². The highest BCUT2D eigenvalue weighted by atomic mass is 32.2. The minimum atomic E-state index is -0.818. The van der Waals surface area contributed by atoms with Gasteiger partial charge in [-0.25, -0.2) is 0 Å². The van der Waals surface area contributed by atoms with Crippen LogP contribution in [0.25, 0.3) is 6.08 Å². The van der Waals surface area contributed by atoms with Crippen molar-refractivity contribution in [1.82, 2.24) is 10.4 Å². The second-order valence-electron chi connectivity index (χ2n) is 5.84. The van der Waals surface area contributed by atoms with E-state index in [4.69, 9.17) is 21.7 Å². The van der Waals surface area contributed by atoms with Crippen molar-refractivity contribution in [2.75, 3.05) is 14.2 Å². The van der Waals surface area contributed by atoms with Crippen LogP contribution in [-0.4, -0.2) is 40.3 Å². The molecule has 1 N–H and O–H groups in total. The van der Waals surface area contributed by atoms with Crippen molar-refractivity contribution in [3.05, 3.63) is 68.6 Å². The highest BCUT2D eigenvalue weighted by Crippen LogP contribution is 2.34. The first-order valence-electron chi connectivity index (χ1n) is 8.40. The van der Waals surface area contributed by atoms with Crippen LogP contribution < -0.4 is 14.9 Å². The number of hydrazine groups is 1. The zero-order valence-corrected chi connectivity index (χ0v) is 17.4. The first-order chi connectivity index (χ1) is 14.3. The summed E-state index contributed by atoms with van der Waals surface area (Å²) in [4.78, 5) is 36.0. The number of carbonyl (C=O) groups excluding carboxylic acids is 2. The Bertz CT molecular complexity index is 1090. The number of nitro benzene ring substituents is 1. The summed E-state index contributed by atoms with van der Waals surface area (Å²) in [5.74, 6) is -0.298. The maximum atomic E-state index is 12.8. The fourth-order valence-corrected chi connectivity index (χ4v) is 3.80. The van der Waals surface area contributed by atoms with E-state index in [1.54, 1.807) is 24.3 Å². The van der Waals surface area contributed by atoms with Crippen LogP contribution in [0.4, 0.5) is 5.69 Å². The molecule has 0 bridgehead atoms. The Morgan fingerprint density at radius 1 is 1.23 bits per heavy atom. The molecular formula is C19H15N3O6S2. The van der Waals surface area contributed by atoms with E-state index in [-0.39, 0.29) is 20.5 Å². The van der Waals surface area contributed by atoms with Crippen LogP contribution in [0, 0.1) is 10.1 Å². The number of hydrogen-bond donors (Lipinski definition) is 1. The van der Waals surface area contributed by atoms with Crippen LogP contribution in [0.15, 0.2) is 47.4 Å². The lowest BCUT2D eigenvalue weighted by atomic mass is 10.1. The van der Waals surface area contributed by atoms with Gasteiger partial charge < -0.3 is 9.47 Å². The molecular weight excluding hydrogens is 430 g/mol. The maximum Gasteiger partial charge on any atom is 0.285 e.